The quantitative estimate of drug-likeness (QED) is 0.662. The monoisotopic (exact) mass is 405 g/mol. The summed E-state index contributed by atoms with van der Waals surface area (Å²) in [6.07, 6.45) is -1.16. The largest absolute Gasteiger partial charge is 0.416 e. The van der Waals surface area contributed by atoms with Crippen LogP contribution in [0.25, 0.3) is 11.4 Å². The van der Waals surface area contributed by atoms with Gasteiger partial charge in [-0.05, 0) is 30.2 Å². The van der Waals surface area contributed by atoms with Crippen LogP contribution in [0.3, 0.4) is 0 Å². The van der Waals surface area contributed by atoms with Crippen molar-refractivity contribution in [1.82, 2.24) is 19.7 Å². The number of alkyl halides is 3. The summed E-state index contributed by atoms with van der Waals surface area (Å²) in [7, 11) is 3.60. The van der Waals surface area contributed by atoms with Crippen molar-refractivity contribution in [2.75, 3.05) is 6.54 Å². The van der Waals surface area contributed by atoms with Crippen LogP contribution in [0, 0.1) is 0 Å². The normalized spacial score (nSPS) is 12.8. The molecular weight excluding hydrogens is 383 g/mol. The summed E-state index contributed by atoms with van der Waals surface area (Å²) in [5, 5.41) is 6.86. The fraction of sp³-hybridized carbons (Fsp3) is 0.300. The number of aryl methyl sites for hydroxylation is 2. The third kappa shape index (κ3) is 4.51. The first-order valence-electron chi connectivity index (χ1n) is 9.01. The minimum absolute atomic E-state index is 0.0132. The van der Waals surface area contributed by atoms with Gasteiger partial charge in [0, 0.05) is 39.1 Å². The van der Waals surface area contributed by atoms with Gasteiger partial charge in [-0.1, -0.05) is 18.2 Å². The van der Waals surface area contributed by atoms with E-state index < -0.39 is 23.7 Å². The van der Waals surface area contributed by atoms with E-state index in [0.29, 0.717) is 5.56 Å². The van der Waals surface area contributed by atoms with Gasteiger partial charge in [-0.2, -0.15) is 18.3 Å². The minimum atomic E-state index is -4.46. The SMILES string of the molecule is Cn1cc(C(=O)N[C@H](CN)Cc2ccccc2C(F)(F)F)cc1-c1ccnn1C. The second-order valence-electron chi connectivity index (χ2n) is 6.83. The lowest BCUT2D eigenvalue weighted by molar-refractivity contribution is -0.138. The highest BCUT2D eigenvalue weighted by atomic mass is 19.4. The van der Waals surface area contributed by atoms with Gasteiger partial charge < -0.3 is 15.6 Å². The van der Waals surface area contributed by atoms with Crippen LogP contribution in [-0.4, -0.2) is 32.8 Å². The van der Waals surface area contributed by atoms with E-state index in [2.05, 4.69) is 10.4 Å². The molecule has 3 N–H and O–H groups in total. The van der Waals surface area contributed by atoms with Gasteiger partial charge in [-0.15, -0.1) is 0 Å². The van der Waals surface area contributed by atoms with Gasteiger partial charge in [-0.3, -0.25) is 9.48 Å². The molecule has 2 aromatic heterocycles. The standard InChI is InChI=1S/C20H22F3N5O/c1-27-12-14(10-18(27)17-7-8-25-28(17)2)19(29)26-15(11-24)9-13-5-3-4-6-16(13)20(21,22)23/h3-8,10,12,15H,9,11,24H2,1-2H3,(H,26,29)/t15-/m0/s1. The number of carbonyl (C=O) groups is 1. The van der Waals surface area contributed by atoms with Gasteiger partial charge in [0.1, 0.15) is 0 Å². The average molecular weight is 405 g/mol. The number of benzene rings is 1. The van der Waals surface area contributed by atoms with Crippen LogP contribution in [0.4, 0.5) is 13.2 Å². The first kappa shape index (κ1) is 20.7. The number of nitrogens with two attached hydrogens (primary N) is 1. The number of aromatic nitrogens is 3. The summed E-state index contributed by atoms with van der Waals surface area (Å²) in [4.78, 5) is 12.7. The summed E-state index contributed by atoms with van der Waals surface area (Å²) in [6.45, 7) is 0.0132. The summed E-state index contributed by atoms with van der Waals surface area (Å²) < 4.78 is 43.1. The Morgan fingerprint density at radius 3 is 2.55 bits per heavy atom. The third-order valence-corrected chi connectivity index (χ3v) is 4.76. The van der Waals surface area contributed by atoms with E-state index >= 15 is 0 Å². The van der Waals surface area contributed by atoms with Crippen molar-refractivity contribution >= 4 is 5.91 Å². The van der Waals surface area contributed by atoms with Crippen molar-refractivity contribution in [3.63, 3.8) is 0 Å². The maximum absolute atomic E-state index is 13.2. The molecule has 0 radical (unpaired) electrons. The molecular formula is C20H22F3N5O. The zero-order chi connectivity index (χ0) is 21.2. The summed E-state index contributed by atoms with van der Waals surface area (Å²) in [5.74, 6) is -0.394. The molecule has 29 heavy (non-hydrogen) atoms. The van der Waals surface area contributed by atoms with Gasteiger partial charge in [0.05, 0.1) is 22.5 Å². The van der Waals surface area contributed by atoms with Crippen LogP contribution in [-0.2, 0) is 26.7 Å². The zero-order valence-corrected chi connectivity index (χ0v) is 16.1. The topological polar surface area (TPSA) is 77.9 Å². The average Bonchev–Trinajstić information content (AvgIpc) is 3.25. The molecule has 0 fully saturated rings. The molecule has 1 aromatic carbocycles. The maximum Gasteiger partial charge on any atom is 0.416 e. The van der Waals surface area contributed by atoms with Crippen molar-refractivity contribution in [2.24, 2.45) is 19.8 Å². The molecule has 6 nitrogen and oxygen atoms in total. The highest BCUT2D eigenvalue weighted by molar-refractivity contribution is 5.95. The van der Waals surface area contributed by atoms with Gasteiger partial charge in [0.25, 0.3) is 5.91 Å². The fourth-order valence-corrected chi connectivity index (χ4v) is 3.27. The first-order valence-corrected chi connectivity index (χ1v) is 9.01. The molecule has 0 spiro atoms. The molecule has 0 aliphatic heterocycles. The van der Waals surface area contributed by atoms with E-state index in [1.807, 2.05) is 6.07 Å². The molecule has 0 saturated heterocycles. The Balaban J connectivity index is 1.77. The van der Waals surface area contributed by atoms with Gasteiger partial charge >= 0.3 is 6.18 Å². The van der Waals surface area contributed by atoms with E-state index in [1.165, 1.54) is 18.2 Å². The van der Waals surface area contributed by atoms with Crippen LogP contribution >= 0.6 is 0 Å². The smallest absolute Gasteiger partial charge is 0.348 e. The second-order valence-corrected chi connectivity index (χ2v) is 6.83. The summed E-state index contributed by atoms with van der Waals surface area (Å²) >= 11 is 0. The van der Waals surface area contributed by atoms with Crippen molar-refractivity contribution in [3.8, 4) is 11.4 Å². The van der Waals surface area contributed by atoms with Crippen LogP contribution in [0.15, 0.2) is 48.8 Å². The van der Waals surface area contributed by atoms with Gasteiger partial charge in [0.2, 0.25) is 0 Å². The molecule has 2 heterocycles. The van der Waals surface area contributed by atoms with E-state index in [9.17, 15) is 18.0 Å². The van der Waals surface area contributed by atoms with Gasteiger partial charge in [0.15, 0.2) is 0 Å². The lowest BCUT2D eigenvalue weighted by Gasteiger charge is -2.19. The number of carbonyl (C=O) groups excluding carboxylic acids is 1. The number of halogens is 3. The Hall–Kier alpha value is -3.07. The number of rotatable bonds is 6. The Morgan fingerprint density at radius 2 is 1.93 bits per heavy atom. The van der Waals surface area contributed by atoms with Crippen LogP contribution in [0.5, 0.6) is 0 Å². The van der Waals surface area contributed by atoms with Crippen LogP contribution in [0.2, 0.25) is 0 Å². The fourth-order valence-electron chi connectivity index (χ4n) is 3.27. The number of hydrogen-bond donors (Lipinski definition) is 2. The molecule has 0 aliphatic rings. The van der Waals surface area contributed by atoms with Crippen molar-refractivity contribution in [2.45, 2.75) is 18.6 Å². The molecule has 1 atom stereocenters. The molecule has 9 heteroatoms. The molecule has 0 bridgehead atoms. The maximum atomic E-state index is 13.2. The predicted molar refractivity (Wildman–Crippen MR) is 103 cm³/mol. The third-order valence-electron chi connectivity index (χ3n) is 4.76. The van der Waals surface area contributed by atoms with E-state index in [0.717, 1.165) is 17.5 Å². The zero-order valence-electron chi connectivity index (χ0n) is 16.1. The minimum Gasteiger partial charge on any atom is -0.348 e. The van der Waals surface area contributed by atoms with Crippen LogP contribution < -0.4 is 11.1 Å². The van der Waals surface area contributed by atoms with E-state index in [4.69, 9.17) is 5.73 Å². The Labute approximate surface area is 166 Å². The molecule has 154 valence electrons. The Kier molecular flexibility index (Phi) is 5.78. The number of nitrogens with one attached hydrogen (secondary N) is 1. The number of hydrogen-bond acceptors (Lipinski definition) is 3. The van der Waals surface area contributed by atoms with Crippen molar-refractivity contribution < 1.29 is 18.0 Å². The molecule has 0 aliphatic carbocycles. The predicted octanol–water partition coefficient (Wildman–Crippen LogP) is 2.74. The second kappa shape index (κ2) is 8.12. The lowest BCUT2D eigenvalue weighted by Crippen LogP contribution is -2.42. The number of nitrogens with zero attached hydrogens (tertiary/aromatic N) is 3. The molecule has 3 rings (SSSR count). The van der Waals surface area contributed by atoms with E-state index in [1.54, 1.807) is 41.8 Å². The molecule has 3 aromatic rings. The van der Waals surface area contributed by atoms with E-state index in [-0.39, 0.29) is 18.5 Å². The van der Waals surface area contributed by atoms with Crippen molar-refractivity contribution in [1.29, 1.82) is 0 Å². The molecule has 0 saturated carbocycles. The van der Waals surface area contributed by atoms with Crippen molar-refractivity contribution in [3.05, 3.63) is 65.5 Å². The van der Waals surface area contributed by atoms with Crippen LogP contribution in [0.1, 0.15) is 21.5 Å². The Morgan fingerprint density at radius 1 is 1.21 bits per heavy atom. The lowest BCUT2D eigenvalue weighted by atomic mass is 9.99. The highest BCUT2D eigenvalue weighted by Crippen LogP contribution is 2.32. The summed E-state index contributed by atoms with van der Waals surface area (Å²) in [5.41, 5.74) is 7.13. The highest BCUT2D eigenvalue weighted by Gasteiger charge is 2.33. The first-order chi connectivity index (χ1) is 13.7. The molecule has 0 unspecified atom stereocenters. The Bertz CT molecular complexity index is 1010. The molecule has 1 amide bonds. The number of amides is 1. The van der Waals surface area contributed by atoms with Gasteiger partial charge in [-0.25, -0.2) is 0 Å². The summed E-state index contributed by atoms with van der Waals surface area (Å²) in [6, 6.07) is 8.22.